The summed E-state index contributed by atoms with van der Waals surface area (Å²) in [4.78, 5) is 17.5. The van der Waals surface area contributed by atoms with Crippen molar-refractivity contribution in [2.24, 2.45) is 4.99 Å². The molecule has 29 heavy (non-hydrogen) atoms. The van der Waals surface area contributed by atoms with Gasteiger partial charge in [-0.25, -0.2) is 4.99 Å². The van der Waals surface area contributed by atoms with Crippen molar-refractivity contribution in [3.63, 3.8) is 0 Å². The lowest BCUT2D eigenvalue weighted by Gasteiger charge is -2.11. The summed E-state index contributed by atoms with van der Waals surface area (Å²) >= 11 is 9.80. The predicted molar refractivity (Wildman–Crippen MR) is 117 cm³/mol. The third-order valence-electron chi connectivity index (χ3n) is 4.79. The highest BCUT2D eigenvalue weighted by atomic mass is 79.9. The first-order valence-corrected chi connectivity index (χ1v) is 10.6. The second-order valence-electron chi connectivity index (χ2n) is 7.06. The Bertz CT molecular complexity index is 1140. The van der Waals surface area contributed by atoms with Crippen molar-refractivity contribution in [3.05, 3.63) is 68.6 Å². The molecule has 1 aliphatic heterocycles. The van der Waals surface area contributed by atoms with E-state index >= 15 is 0 Å². The van der Waals surface area contributed by atoms with Gasteiger partial charge in [0.2, 0.25) is 5.55 Å². The number of ether oxygens (including phenoxy) is 1. The molecule has 3 aromatic rings. The lowest BCUT2D eigenvalue weighted by atomic mass is 10.1. The Kier molecular flexibility index (Phi) is 6.04. The smallest absolute Gasteiger partial charge is 0.256 e. The third kappa shape index (κ3) is 4.71. The van der Waals surface area contributed by atoms with Gasteiger partial charge in [0.05, 0.1) is 16.8 Å². The molecule has 1 aromatic heterocycles. The van der Waals surface area contributed by atoms with Gasteiger partial charge in [-0.1, -0.05) is 33.6 Å². The summed E-state index contributed by atoms with van der Waals surface area (Å²) in [5.41, 5.74) is 2.78. The second kappa shape index (κ2) is 8.69. The fourth-order valence-electron chi connectivity index (χ4n) is 3.27. The van der Waals surface area contributed by atoms with E-state index < -0.39 is 0 Å². The van der Waals surface area contributed by atoms with Crippen LogP contribution in [0.15, 0.2) is 56.3 Å². The molecule has 1 atom stereocenters. The first-order chi connectivity index (χ1) is 14.0. The lowest BCUT2D eigenvalue weighted by Crippen LogP contribution is -2.34. The Balaban J connectivity index is 1.78. The van der Waals surface area contributed by atoms with Crippen LogP contribution in [0.5, 0.6) is 0 Å². The normalized spacial score (nSPS) is 17.1. The molecule has 1 amide bonds. The first-order valence-electron chi connectivity index (χ1n) is 9.44. The number of carbonyl (C=O) groups is 1. The molecule has 2 aromatic carbocycles. The highest BCUT2D eigenvalue weighted by Crippen LogP contribution is 2.26. The molecule has 2 heterocycles. The first kappa shape index (κ1) is 20.1. The third-order valence-corrected chi connectivity index (χ3v) is 5.59. The van der Waals surface area contributed by atoms with Crippen molar-refractivity contribution in [1.29, 1.82) is 0 Å². The summed E-state index contributed by atoms with van der Waals surface area (Å²) in [5.74, 6) is -0.256. The number of aryl methyl sites for hydroxylation is 1. The quantitative estimate of drug-likeness (QED) is 0.557. The van der Waals surface area contributed by atoms with E-state index in [2.05, 4.69) is 26.2 Å². The highest BCUT2D eigenvalue weighted by molar-refractivity contribution is 9.10. The van der Waals surface area contributed by atoms with Crippen LogP contribution in [0.3, 0.4) is 0 Å². The van der Waals surface area contributed by atoms with E-state index in [0.29, 0.717) is 28.4 Å². The molecule has 1 saturated heterocycles. The maximum Gasteiger partial charge on any atom is 0.256 e. The van der Waals surface area contributed by atoms with Gasteiger partial charge in [0.15, 0.2) is 0 Å². The molecule has 1 fully saturated rings. The van der Waals surface area contributed by atoms with Crippen LogP contribution in [0.2, 0.25) is 5.02 Å². The predicted octanol–water partition coefficient (Wildman–Crippen LogP) is 5.30. The molecule has 1 aliphatic rings. The van der Waals surface area contributed by atoms with Crippen LogP contribution >= 0.6 is 27.5 Å². The number of amides is 1. The monoisotopic (exact) mass is 474 g/mol. The lowest BCUT2D eigenvalue weighted by molar-refractivity contribution is 0.0854. The van der Waals surface area contributed by atoms with E-state index in [1.165, 1.54) is 0 Å². The van der Waals surface area contributed by atoms with Gasteiger partial charge >= 0.3 is 0 Å². The fourth-order valence-corrected chi connectivity index (χ4v) is 3.92. The van der Waals surface area contributed by atoms with E-state index in [1.807, 2.05) is 43.3 Å². The summed E-state index contributed by atoms with van der Waals surface area (Å²) < 4.78 is 12.5. The Hall–Kier alpha value is -2.15. The summed E-state index contributed by atoms with van der Waals surface area (Å²) in [5, 5.41) is 4.24. The molecule has 0 spiro atoms. The maximum absolute atomic E-state index is 12.9. The fraction of sp³-hybridized carbons (Fsp3) is 0.273. The second-order valence-corrected chi connectivity index (χ2v) is 8.38. The summed E-state index contributed by atoms with van der Waals surface area (Å²) in [6.45, 7) is 3.16. The number of fused-ring (bicyclic) bond motifs is 1. The Labute approximate surface area is 181 Å². The number of carbonyl (C=O) groups excluding carboxylic acids is 1. The van der Waals surface area contributed by atoms with Gasteiger partial charge in [0.25, 0.3) is 5.91 Å². The highest BCUT2D eigenvalue weighted by Gasteiger charge is 2.19. The van der Waals surface area contributed by atoms with Gasteiger partial charge in [0, 0.05) is 23.0 Å². The van der Waals surface area contributed by atoms with Crippen molar-refractivity contribution in [3.8, 4) is 0 Å². The van der Waals surface area contributed by atoms with Crippen molar-refractivity contribution < 1.29 is 13.9 Å². The topological polar surface area (TPSA) is 63.8 Å². The number of benzene rings is 2. The maximum atomic E-state index is 12.9. The molecule has 0 saturated carbocycles. The zero-order valence-corrected chi connectivity index (χ0v) is 18.2. The molecule has 150 valence electrons. The van der Waals surface area contributed by atoms with Crippen molar-refractivity contribution in [1.82, 2.24) is 5.32 Å². The largest absolute Gasteiger partial charge is 0.438 e. The molecule has 7 heteroatoms. The minimum Gasteiger partial charge on any atom is -0.438 e. The van der Waals surface area contributed by atoms with Gasteiger partial charge in [0.1, 0.15) is 11.1 Å². The van der Waals surface area contributed by atoms with Crippen LogP contribution in [0, 0.1) is 6.92 Å². The van der Waals surface area contributed by atoms with E-state index in [0.717, 1.165) is 34.9 Å². The number of rotatable bonds is 4. The summed E-state index contributed by atoms with van der Waals surface area (Å²) in [7, 11) is 0. The molecule has 0 bridgehead atoms. The van der Waals surface area contributed by atoms with Gasteiger partial charge in [-0.05, 0) is 61.7 Å². The molecular formula is C22H20BrClN2O3. The molecule has 0 unspecified atom stereocenters. The minimum absolute atomic E-state index is 0.0532. The average Bonchev–Trinajstić information content (AvgIpc) is 3.21. The summed E-state index contributed by atoms with van der Waals surface area (Å²) in [6, 6.07) is 13.0. The van der Waals surface area contributed by atoms with E-state index in [9.17, 15) is 4.79 Å². The van der Waals surface area contributed by atoms with Crippen LogP contribution in [-0.4, -0.2) is 25.2 Å². The van der Waals surface area contributed by atoms with Crippen LogP contribution in [0.25, 0.3) is 11.0 Å². The van der Waals surface area contributed by atoms with Crippen molar-refractivity contribution in [2.45, 2.75) is 25.9 Å². The SMILES string of the molecule is Cc1ccc(N=c2oc3ccc(Br)cc3cc2C(=O)NC[C@H]2CCCO2)c(Cl)c1. The Morgan fingerprint density at radius 2 is 2.14 bits per heavy atom. The standard InChI is InChI=1S/C22H20BrClN2O3/c1-13-4-6-19(18(24)9-13)26-22-17(21(27)25-12-16-3-2-8-28-16)11-14-10-15(23)5-7-20(14)29-22/h4-7,9-11,16H,2-3,8,12H2,1H3,(H,25,27)/t16-/m1/s1. The number of nitrogens with zero attached hydrogens (tertiary/aromatic N) is 1. The average molecular weight is 476 g/mol. The molecule has 4 rings (SSSR count). The van der Waals surface area contributed by atoms with Crippen molar-refractivity contribution >= 4 is 50.1 Å². The summed E-state index contributed by atoms with van der Waals surface area (Å²) in [6.07, 6.45) is 2.02. The van der Waals surface area contributed by atoms with Crippen LogP contribution < -0.4 is 10.9 Å². The van der Waals surface area contributed by atoms with Crippen molar-refractivity contribution in [2.75, 3.05) is 13.2 Å². The Morgan fingerprint density at radius 3 is 2.90 bits per heavy atom. The van der Waals surface area contributed by atoms with Crippen LogP contribution in [-0.2, 0) is 4.74 Å². The number of halogens is 2. The van der Waals surface area contributed by atoms with Gasteiger partial charge < -0.3 is 14.5 Å². The number of hydrogen-bond donors (Lipinski definition) is 1. The number of hydrogen-bond acceptors (Lipinski definition) is 4. The minimum atomic E-state index is -0.256. The van der Waals surface area contributed by atoms with Gasteiger partial charge in [-0.15, -0.1) is 0 Å². The molecule has 0 aliphatic carbocycles. The van der Waals surface area contributed by atoms with Crippen LogP contribution in [0.4, 0.5) is 5.69 Å². The molecule has 5 nitrogen and oxygen atoms in total. The zero-order valence-electron chi connectivity index (χ0n) is 15.9. The van der Waals surface area contributed by atoms with Gasteiger partial charge in [-0.2, -0.15) is 0 Å². The van der Waals surface area contributed by atoms with Gasteiger partial charge in [-0.3, -0.25) is 4.79 Å². The molecule has 1 N–H and O–H groups in total. The molecular weight excluding hydrogens is 456 g/mol. The van der Waals surface area contributed by atoms with Crippen LogP contribution in [0.1, 0.15) is 28.8 Å². The van der Waals surface area contributed by atoms with E-state index in [-0.39, 0.29) is 17.6 Å². The van der Waals surface area contributed by atoms with E-state index in [1.54, 1.807) is 6.07 Å². The zero-order chi connectivity index (χ0) is 20.4. The molecule has 0 radical (unpaired) electrons. The number of nitrogens with one attached hydrogen (secondary N) is 1. The van der Waals surface area contributed by atoms with E-state index in [4.69, 9.17) is 20.8 Å². The Morgan fingerprint density at radius 1 is 1.28 bits per heavy atom.